The molecule has 0 fully saturated rings. The second-order valence-corrected chi connectivity index (χ2v) is 20.3. The smallest absolute Gasteiger partial charge is 0.250 e. The molecule has 7 heteroatoms. The Balaban J connectivity index is 2.65. The molecule has 6 nitrogen and oxygen atoms in total. The van der Waals surface area contributed by atoms with Gasteiger partial charge in [0.15, 0.2) is 27.9 Å². The van der Waals surface area contributed by atoms with Gasteiger partial charge in [0.1, 0.15) is 56.0 Å². The number of ether oxygens (including phenoxy) is 6. The van der Waals surface area contributed by atoms with Crippen LogP contribution in [0.2, 0.25) is 0 Å². The minimum Gasteiger partial charge on any atom is -0.488 e. The van der Waals surface area contributed by atoms with Gasteiger partial charge in [-0.25, -0.2) is 0 Å². The van der Waals surface area contributed by atoms with Gasteiger partial charge in [0.05, 0.1) is 0 Å². The van der Waals surface area contributed by atoms with Crippen molar-refractivity contribution in [2.24, 2.45) is 0 Å². The van der Waals surface area contributed by atoms with Crippen molar-refractivity contribution in [1.29, 1.82) is 0 Å². The summed E-state index contributed by atoms with van der Waals surface area (Å²) in [5, 5.41) is 0. The van der Waals surface area contributed by atoms with Crippen LogP contribution >= 0.6 is 0 Å². The maximum atomic E-state index is 6.88. The predicted molar refractivity (Wildman–Crippen MR) is 204 cm³/mol. The van der Waals surface area contributed by atoms with E-state index in [0.29, 0.717) is 34.5 Å². The molecule has 49 heavy (non-hydrogen) atoms. The third-order valence-electron chi connectivity index (χ3n) is 5.89. The molecule has 0 radical (unpaired) electrons. The summed E-state index contributed by atoms with van der Waals surface area (Å²) in [5.74, 6) is 3.99. The van der Waals surface area contributed by atoms with Crippen LogP contribution in [0.4, 0.5) is 0 Å². The fraction of sp³-hybridized carbons (Fsp3) is 0.571. The van der Waals surface area contributed by atoms with E-state index in [2.05, 4.69) is 107 Å². The molecule has 0 aliphatic carbocycles. The van der Waals surface area contributed by atoms with Crippen LogP contribution in [0.1, 0.15) is 125 Å². The Hall–Kier alpha value is -3.19. The van der Waals surface area contributed by atoms with Gasteiger partial charge >= 0.3 is 0 Å². The average Bonchev–Trinajstić information content (AvgIpc) is 2.81. The van der Waals surface area contributed by atoms with E-state index in [1.165, 1.54) is 0 Å². The average molecular weight is 696 g/mol. The summed E-state index contributed by atoms with van der Waals surface area (Å²) in [6.45, 7) is 36.9. The summed E-state index contributed by atoms with van der Waals surface area (Å²) in [4.78, 5) is 2.80. The standard InChI is InChI=1S/C42H63O6S/c1-37(2,3)43-28-24-31(45-39(7,8)9)35(32(25-28)46-40(10,11)12)49(30-22-20-19-21-23-30)36-33(47-41(13,14)15)26-29(44-38(4,5)6)27-34(36)48-42(16,17)18/h19-27H,1-18H3/q+1. The number of rotatable bonds is 9. The Morgan fingerprint density at radius 1 is 0.347 bits per heavy atom. The maximum absolute atomic E-state index is 6.88. The zero-order valence-electron chi connectivity index (χ0n) is 33.6. The van der Waals surface area contributed by atoms with Crippen LogP contribution in [-0.4, -0.2) is 33.6 Å². The molecule has 0 unspecified atom stereocenters. The zero-order valence-corrected chi connectivity index (χ0v) is 34.4. The van der Waals surface area contributed by atoms with Crippen LogP contribution in [0.5, 0.6) is 34.5 Å². The van der Waals surface area contributed by atoms with E-state index in [4.69, 9.17) is 28.4 Å². The van der Waals surface area contributed by atoms with Crippen LogP contribution in [-0.2, 0) is 10.9 Å². The van der Waals surface area contributed by atoms with Crippen LogP contribution in [0.15, 0.2) is 69.3 Å². The largest absolute Gasteiger partial charge is 0.488 e. The van der Waals surface area contributed by atoms with E-state index >= 15 is 0 Å². The van der Waals surface area contributed by atoms with Crippen LogP contribution in [0, 0.1) is 0 Å². The SMILES string of the molecule is CC(C)(C)Oc1cc(OC(C)(C)C)c([S+](c2ccccc2)c2c(OC(C)(C)C)cc(OC(C)(C)C)cc2OC(C)(C)C)c(OC(C)(C)C)c1. The molecule has 3 rings (SSSR count). The van der Waals surface area contributed by atoms with Gasteiger partial charge in [0.2, 0.25) is 0 Å². The number of benzene rings is 3. The van der Waals surface area contributed by atoms with Gasteiger partial charge in [0.25, 0.3) is 9.79 Å². The molecule has 0 N–H and O–H groups in total. The molecule has 0 atom stereocenters. The van der Waals surface area contributed by atoms with Gasteiger partial charge in [-0.3, -0.25) is 0 Å². The third kappa shape index (κ3) is 13.2. The van der Waals surface area contributed by atoms with Gasteiger partial charge in [-0.1, -0.05) is 18.2 Å². The van der Waals surface area contributed by atoms with Gasteiger partial charge in [-0.05, 0) is 137 Å². The number of hydrogen-bond acceptors (Lipinski definition) is 6. The van der Waals surface area contributed by atoms with Crippen molar-refractivity contribution < 1.29 is 28.4 Å². The zero-order chi connectivity index (χ0) is 37.4. The first-order valence-corrected chi connectivity index (χ1v) is 18.5. The third-order valence-corrected chi connectivity index (χ3v) is 8.25. The van der Waals surface area contributed by atoms with E-state index in [0.717, 1.165) is 14.7 Å². The highest BCUT2D eigenvalue weighted by Crippen LogP contribution is 2.53. The molecule has 3 aromatic rings. The molecular formula is C42H63O6S+. The molecule has 0 heterocycles. The first kappa shape index (κ1) is 40.2. The summed E-state index contributed by atoms with van der Waals surface area (Å²) in [6, 6.07) is 18.4. The van der Waals surface area contributed by atoms with Crippen molar-refractivity contribution in [2.45, 2.75) is 173 Å². The van der Waals surface area contributed by atoms with E-state index in [9.17, 15) is 0 Å². The topological polar surface area (TPSA) is 55.4 Å². The Bertz CT molecular complexity index is 1380. The summed E-state index contributed by atoms with van der Waals surface area (Å²) < 4.78 is 40.5. The van der Waals surface area contributed by atoms with Gasteiger partial charge in [-0.2, -0.15) is 0 Å². The van der Waals surface area contributed by atoms with Crippen molar-refractivity contribution in [1.82, 2.24) is 0 Å². The maximum Gasteiger partial charge on any atom is 0.250 e. The van der Waals surface area contributed by atoms with Crippen molar-refractivity contribution in [2.75, 3.05) is 0 Å². The molecule has 0 aliphatic rings. The highest BCUT2D eigenvalue weighted by Gasteiger charge is 2.45. The molecule has 0 saturated carbocycles. The molecule has 0 saturated heterocycles. The summed E-state index contributed by atoms with van der Waals surface area (Å²) in [5.41, 5.74) is -2.99. The molecule has 3 aromatic carbocycles. The van der Waals surface area contributed by atoms with E-state index in [-0.39, 0.29) is 0 Å². The Morgan fingerprint density at radius 3 is 0.816 bits per heavy atom. The monoisotopic (exact) mass is 695 g/mol. The summed E-state index contributed by atoms with van der Waals surface area (Å²) in [6.07, 6.45) is 0. The minimum absolute atomic E-state index is 0.440. The van der Waals surface area contributed by atoms with Crippen molar-refractivity contribution in [3.8, 4) is 34.5 Å². The lowest BCUT2D eigenvalue weighted by Gasteiger charge is -2.31. The lowest BCUT2D eigenvalue weighted by Crippen LogP contribution is -2.29. The Kier molecular flexibility index (Phi) is 11.7. The van der Waals surface area contributed by atoms with Gasteiger partial charge < -0.3 is 28.4 Å². The Labute approximate surface area is 300 Å². The van der Waals surface area contributed by atoms with Crippen molar-refractivity contribution in [3.63, 3.8) is 0 Å². The quantitative estimate of drug-likeness (QED) is 0.208. The first-order valence-electron chi connectivity index (χ1n) is 17.3. The lowest BCUT2D eigenvalue weighted by molar-refractivity contribution is 0.105. The fourth-order valence-electron chi connectivity index (χ4n) is 4.85. The predicted octanol–water partition coefficient (Wildman–Crippen LogP) is 11.8. The van der Waals surface area contributed by atoms with E-state index < -0.39 is 44.5 Å². The second-order valence-electron chi connectivity index (χ2n) is 18.4. The molecular weight excluding hydrogens is 633 g/mol. The second kappa shape index (κ2) is 14.2. The highest BCUT2D eigenvalue weighted by atomic mass is 32.2. The summed E-state index contributed by atoms with van der Waals surface area (Å²) >= 11 is 0. The molecule has 0 amide bonds. The van der Waals surface area contributed by atoms with Crippen molar-refractivity contribution >= 4 is 10.9 Å². The van der Waals surface area contributed by atoms with E-state index in [1.54, 1.807) is 0 Å². The normalized spacial score (nSPS) is 13.3. The molecule has 0 spiro atoms. The molecule has 0 bridgehead atoms. The molecule has 0 aliphatic heterocycles. The minimum atomic E-state index is -0.874. The Morgan fingerprint density at radius 2 is 0.592 bits per heavy atom. The van der Waals surface area contributed by atoms with Gasteiger partial charge in [-0.15, -0.1) is 0 Å². The van der Waals surface area contributed by atoms with Crippen LogP contribution in [0.25, 0.3) is 0 Å². The van der Waals surface area contributed by atoms with Crippen LogP contribution < -0.4 is 28.4 Å². The first-order chi connectivity index (χ1) is 22.0. The fourth-order valence-corrected chi connectivity index (χ4v) is 7.16. The lowest BCUT2D eigenvalue weighted by atomic mass is 10.1. The summed E-state index contributed by atoms with van der Waals surface area (Å²) in [7, 11) is -0.874. The van der Waals surface area contributed by atoms with Crippen molar-refractivity contribution in [3.05, 3.63) is 54.6 Å². The number of hydrogen-bond donors (Lipinski definition) is 0. The highest BCUT2D eigenvalue weighted by molar-refractivity contribution is 7.97. The van der Waals surface area contributed by atoms with Gasteiger partial charge in [0, 0.05) is 24.3 Å². The van der Waals surface area contributed by atoms with E-state index in [1.807, 2.05) is 71.9 Å². The van der Waals surface area contributed by atoms with Crippen LogP contribution in [0.3, 0.4) is 0 Å². The molecule has 272 valence electrons. The molecule has 0 aromatic heterocycles.